The van der Waals surface area contributed by atoms with Crippen molar-refractivity contribution in [3.63, 3.8) is 0 Å². The first-order valence-corrected chi connectivity index (χ1v) is 7.69. The Kier molecular flexibility index (Phi) is 8.11. The lowest BCUT2D eigenvalue weighted by atomic mass is 10.1. The number of esters is 1. The summed E-state index contributed by atoms with van der Waals surface area (Å²) < 4.78 is 10.1. The maximum atomic E-state index is 12.1. The van der Waals surface area contributed by atoms with Gasteiger partial charge < -0.3 is 9.47 Å². The van der Waals surface area contributed by atoms with E-state index >= 15 is 0 Å². The summed E-state index contributed by atoms with van der Waals surface area (Å²) in [5, 5.41) is 0. The molecule has 0 aliphatic carbocycles. The van der Waals surface area contributed by atoms with E-state index in [9.17, 15) is 9.59 Å². The number of hydrogen-bond donors (Lipinski definition) is 1. The van der Waals surface area contributed by atoms with Crippen LogP contribution in [-0.2, 0) is 25.7 Å². The van der Waals surface area contributed by atoms with Crippen molar-refractivity contribution >= 4 is 12.1 Å². The Bertz CT molecular complexity index is 487. The van der Waals surface area contributed by atoms with Gasteiger partial charge in [-0.05, 0) is 17.4 Å². The number of rotatable bonds is 8. The highest BCUT2D eigenvalue weighted by atomic mass is 16.7. The van der Waals surface area contributed by atoms with Crippen LogP contribution in [0.15, 0.2) is 30.3 Å². The third-order valence-corrected chi connectivity index (χ3v) is 2.88. The highest BCUT2D eigenvalue weighted by Gasteiger charge is 2.26. The summed E-state index contributed by atoms with van der Waals surface area (Å²) in [5.41, 5.74) is 3.02. The first kappa shape index (κ1) is 19.0. The van der Waals surface area contributed by atoms with Crippen molar-refractivity contribution in [2.75, 3.05) is 6.61 Å². The molecule has 6 nitrogen and oxygen atoms in total. The Morgan fingerprint density at radius 3 is 2.26 bits per heavy atom. The predicted molar refractivity (Wildman–Crippen MR) is 85.3 cm³/mol. The van der Waals surface area contributed by atoms with Crippen LogP contribution in [0.2, 0.25) is 0 Å². The smallest absolute Gasteiger partial charge is 0.431 e. The molecule has 6 heteroatoms. The molecule has 0 bridgehead atoms. The summed E-state index contributed by atoms with van der Waals surface area (Å²) in [7, 11) is 0. The second-order valence-electron chi connectivity index (χ2n) is 5.97. The van der Waals surface area contributed by atoms with E-state index in [4.69, 9.17) is 14.3 Å². The molecule has 1 atom stereocenters. The van der Waals surface area contributed by atoms with Crippen LogP contribution in [0.1, 0.15) is 33.3 Å². The van der Waals surface area contributed by atoms with Gasteiger partial charge in [-0.25, -0.2) is 9.59 Å². The van der Waals surface area contributed by atoms with Crippen LogP contribution in [0.3, 0.4) is 0 Å². The van der Waals surface area contributed by atoms with Crippen molar-refractivity contribution in [3.05, 3.63) is 35.9 Å². The minimum absolute atomic E-state index is 0.157. The van der Waals surface area contributed by atoms with E-state index in [-0.39, 0.29) is 25.0 Å². The third-order valence-electron chi connectivity index (χ3n) is 2.88. The topological polar surface area (TPSA) is 73.9 Å². The number of hydrogen-bond acceptors (Lipinski definition) is 5. The summed E-state index contributed by atoms with van der Waals surface area (Å²) in [6.07, 6.45) is -1.62. The number of carbonyl (C=O) groups is 2. The highest BCUT2D eigenvalue weighted by Crippen LogP contribution is 2.10. The molecular weight excluding hydrogens is 298 g/mol. The molecule has 1 aromatic carbocycles. The first-order chi connectivity index (χ1) is 10.9. The van der Waals surface area contributed by atoms with Gasteiger partial charge in [0.1, 0.15) is 6.61 Å². The summed E-state index contributed by atoms with van der Waals surface area (Å²) in [6, 6.07) is 9.34. The molecule has 0 heterocycles. The van der Waals surface area contributed by atoms with Gasteiger partial charge in [-0.1, -0.05) is 58.0 Å². The zero-order chi connectivity index (χ0) is 17.2. The fraction of sp³-hybridized carbons (Fsp3) is 0.529. The van der Waals surface area contributed by atoms with Gasteiger partial charge in [-0.3, -0.25) is 4.84 Å². The molecule has 0 radical (unpaired) electrons. The first-order valence-electron chi connectivity index (χ1n) is 7.69. The molecule has 0 unspecified atom stereocenters. The second-order valence-corrected chi connectivity index (χ2v) is 5.97. The normalized spacial score (nSPS) is 12.1. The van der Waals surface area contributed by atoms with E-state index in [1.54, 1.807) is 13.8 Å². The fourth-order valence-corrected chi connectivity index (χ4v) is 1.65. The van der Waals surface area contributed by atoms with Crippen LogP contribution in [0, 0.1) is 11.8 Å². The Balaban J connectivity index is 2.44. The van der Waals surface area contributed by atoms with Gasteiger partial charge in [0.15, 0.2) is 6.10 Å². The average Bonchev–Trinajstić information content (AvgIpc) is 2.51. The van der Waals surface area contributed by atoms with Crippen LogP contribution in [-0.4, -0.2) is 24.8 Å². The van der Waals surface area contributed by atoms with E-state index < -0.39 is 18.2 Å². The average molecular weight is 323 g/mol. The number of carbonyl (C=O) groups excluding carboxylic acids is 2. The second kappa shape index (κ2) is 9.84. The summed E-state index contributed by atoms with van der Waals surface area (Å²) >= 11 is 0. The summed E-state index contributed by atoms with van der Waals surface area (Å²) in [5.74, 6) is -0.478. The quantitative estimate of drug-likeness (QED) is 0.588. The molecule has 1 amide bonds. The van der Waals surface area contributed by atoms with Crippen molar-refractivity contribution < 1.29 is 23.9 Å². The van der Waals surface area contributed by atoms with Crippen LogP contribution < -0.4 is 5.48 Å². The maximum absolute atomic E-state index is 12.1. The zero-order valence-electron chi connectivity index (χ0n) is 14.1. The molecule has 0 aromatic heterocycles. The van der Waals surface area contributed by atoms with Gasteiger partial charge in [0.25, 0.3) is 0 Å². The van der Waals surface area contributed by atoms with Crippen molar-refractivity contribution in [3.8, 4) is 0 Å². The van der Waals surface area contributed by atoms with E-state index in [1.165, 1.54) is 0 Å². The van der Waals surface area contributed by atoms with Crippen LogP contribution in [0.25, 0.3) is 0 Å². The maximum Gasteiger partial charge on any atom is 0.431 e. The molecule has 0 saturated carbocycles. The van der Waals surface area contributed by atoms with Crippen molar-refractivity contribution in [1.82, 2.24) is 5.48 Å². The van der Waals surface area contributed by atoms with Gasteiger partial charge in [-0.2, -0.15) is 5.48 Å². The minimum atomic E-state index is -0.898. The van der Waals surface area contributed by atoms with Gasteiger partial charge in [0, 0.05) is 0 Å². The largest absolute Gasteiger partial charge is 0.459 e. The SMILES string of the molecule is CC(C)COC(=O)NO[C@@H](C(=O)OCc1ccccc1)C(C)C. The number of ether oxygens (including phenoxy) is 2. The number of nitrogens with one attached hydrogen (secondary N) is 1. The standard InChI is InChI=1S/C17H25NO5/c1-12(2)10-22-17(20)18-23-15(13(3)4)16(19)21-11-14-8-6-5-7-9-14/h5-9,12-13,15H,10-11H2,1-4H3,(H,18,20)/t15-/m1/s1. The zero-order valence-corrected chi connectivity index (χ0v) is 14.1. The van der Waals surface area contributed by atoms with Gasteiger partial charge in [0.05, 0.1) is 6.61 Å². The molecule has 1 aromatic rings. The number of hydroxylamine groups is 1. The molecule has 128 valence electrons. The lowest BCUT2D eigenvalue weighted by Gasteiger charge is -2.19. The van der Waals surface area contributed by atoms with Crippen LogP contribution in [0.4, 0.5) is 4.79 Å². The van der Waals surface area contributed by atoms with Gasteiger partial charge in [-0.15, -0.1) is 0 Å². The Labute approximate surface area is 137 Å². The molecule has 1 rings (SSSR count). The number of amides is 1. The molecular formula is C17H25NO5. The fourth-order valence-electron chi connectivity index (χ4n) is 1.65. The number of benzene rings is 1. The predicted octanol–water partition coefficient (Wildman–Crippen LogP) is 3.07. The Morgan fingerprint density at radius 1 is 1.04 bits per heavy atom. The van der Waals surface area contributed by atoms with Gasteiger partial charge in [0.2, 0.25) is 0 Å². The lowest BCUT2D eigenvalue weighted by Crippen LogP contribution is -2.39. The van der Waals surface area contributed by atoms with E-state index in [1.807, 2.05) is 44.2 Å². The highest BCUT2D eigenvalue weighted by molar-refractivity contribution is 5.75. The molecule has 0 aliphatic heterocycles. The van der Waals surface area contributed by atoms with E-state index in [0.29, 0.717) is 0 Å². The molecule has 0 spiro atoms. The summed E-state index contributed by atoms with van der Waals surface area (Å²) in [4.78, 5) is 28.7. The molecule has 0 aliphatic rings. The van der Waals surface area contributed by atoms with E-state index in [2.05, 4.69) is 5.48 Å². The van der Waals surface area contributed by atoms with E-state index in [0.717, 1.165) is 5.56 Å². The Hall–Kier alpha value is -2.08. The molecule has 0 fully saturated rings. The molecule has 23 heavy (non-hydrogen) atoms. The van der Waals surface area contributed by atoms with Gasteiger partial charge >= 0.3 is 12.1 Å². The van der Waals surface area contributed by atoms with Crippen LogP contribution >= 0.6 is 0 Å². The van der Waals surface area contributed by atoms with Crippen molar-refractivity contribution in [2.24, 2.45) is 11.8 Å². The summed E-state index contributed by atoms with van der Waals surface area (Å²) in [6.45, 7) is 7.88. The lowest BCUT2D eigenvalue weighted by molar-refractivity contribution is -0.166. The van der Waals surface area contributed by atoms with Crippen molar-refractivity contribution in [2.45, 2.75) is 40.4 Å². The third kappa shape index (κ3) is 7.65. The molecule has 1 N–H and O–H groups in total. The van der Waals surface area contributed by atoms with Crippen LogP contribution in [0.5, 0.6) is 0 Å². The monoisotopic (exact) mass is 323 g/mol. The minimum Gasteiger partial charge on any atom is -0.459 e. The van der Waals surface area contributed by atoms with Crippen molar-refractivity contribution in [1.29, 1.82) is 0 Å². The molecule has 0 saturated heterocycles. The Morgan fingerprint density at radius 2 is 1.70 bits per heavy atom.